The van der Waals surface area contributed by atoms with Gasteiger partial charge in [0.2, 0.25) is 5.88 Å². The smallest absolute Gasteiger partial charge is 0.241 e. The van der Waals surface area contributed by atoms with Gasteiger partial charge in [0.05, 0.1) is 19.2 Å². The van der Waals surface area contributed by atoms with Crippen LogP contribution < -0.4 is 4.74 Å². The van der Waals surface area contributed by atoms with E-state index < -0.39 is 0 Å². The van der Waals surface area contributed by atoms with E-state index in [0.29, 0.717) is 18.1 Å². The Bertz CT molecular complexity index is 1310. The number of imidazole rings is 1. The molecule has 5 aromatic heterocycles. The standard InChI is InChI=1S/C18H17N9O/c1-11-22-17-15(26(11)9-13-8-25(2)24-23-13)6-12(7-19-17)14-4-5-27-16(14)18(28-3)20-10-21-27/h4-8,10H,9H2,1-3H3. The Morgan fingerprint density at radius 2 is 2.11 bits per heavy atom. The predicted molar refractivity (Wildman–Crippen MR) is 101 cm³/mol. The number of rotatable bonds is 4. The van der Waals surface area contributed by atoms with Crippen molar-refractivity contribution in [2.75, 3.05) is 7.11 Å². The van der Waals surface area contributed by atoms with E-state index in [9.17, 15) is 0 Å². The Hall–Kier alpha value is -3.82. The van der Waals surface area contributed by atoms with Crippen molar-refractivity contribution in [1.29, 1.82) is 0 Å². The molecular weight excluding hydrogens is 358 g/mol. The molecule has 0 aromatic carbocycles. The fourth-order valence-electron chi connectivity index (χ4n) is 3.40. The molecule has 140 valence electrons. The predicted octanol–water partition coefficient (Wildman–Crippen LogP) is 1.63. The van der Waals surface area contributed by atoms with E-state index in [1.807, 2.05) is 38.6 Å². The molecule has 10 heteroatoms. The van der Waals surface area contributed by atoms with Crippen LogP contribution in [0.2, 0.25) is 0 Å². The van der Waals surface area contributed by atoms with Crippen LogP contribution in [0.5, 0.6) is 5.88 Å². The molecule has 5 heterocycles. The van der Waals surface area contributed by atoms with Crippen molar-refractivity contribution >= 4 is 16.7 Å². The van der Waals surface area contributed by atoms with Gasteiger partial charge in [-0.3, -0.25) is 4.68 Å². The first-order chi connectivity index (χ1) is 13.6. The highest BCUT2D eigenvalue weighted by Gasteiger charge is 2.16. The third kappa shape index (κ3) is 2.49. The quantitative estimate of drug-likeness (QED) is 0.470. The van der Waals surface area contributed by atoms with Gasteiger partial charge in [-0.25, -0.2) is 14.5 Å². The summed E-state index contributed by atoms with van der Waals surface area (Å²) in [4.78, 5) is 13.4. The zero-order chi connectivity index (χ0) is 19.3. The molecule has 5 aromatic rings. The number of hydrogen-bond acceptors (Lipinski definition) is 7. The zero-order valence-electron chi connectivity index (χ0n) is 15.6. The van der Waals surface area contributed by atoms with E-state index in [0.717, 1.165) is 33.7 Å². The number of aryl methyl sites for hydroxylation is 2. The van der Waals surface area contributed by atoms with Crippen LogP contribution in [0, 0.1) is 6.92 Å². The van der Waals surface area contributed by atoms with Crippen LogP contribution in [0.3, 0.4) is 0 Å². The number of pyridine rings is 1. The first kappa shape index (κ1) is 16.4. The molecule has 0 amide bonds. The largest absolute Gasteiger partial charge is 0.479 e. The van der Waals surface area contributed by atoms with E-state index >= 15 is 0 Å². The number of aromatic nitrogens is 9. The van der Waals surface area contributed by atoms with E-state index in [4.69, 9.17) is 4.74 Å². The third-order valence-corrected chi connectivity index (χ3v) is 4.69. The van der Waals surface area contributed by atoms with E-state index in [2.05, 4.69) is 41.0 Å². The van der Waals surface area contributed by atoms with Gasteiger partial charge in [0.25, 0.3) is 0 Å². The molecule has 0 bridgehead atoms. The van der Waals surface area contributed by atoms with E-state index in [-0.39, 0.29) is 0 Å². The molecule has 0 fully saturated rings. The van der Waals surface area contributed by atoms with E-state index in [1.165, 1.54) is 6.33 Å². The minimum atomic E-state index is 0.513. The van der Waals surface area contributed by atoms with Crippen LogP contribution in [0.25, 0.3) is 27.8 Å². The highest BCUT2D eigenvalue weighted by molar-refractivity contribution is 5.87. The lowest BCUT2D eigenvalue weighted by Gasteiger charge is -2.06. The highest BCUT2D eigenvalue weighted by atomic mass is 16.5. The summed E-state index contributed by atoms with van der Waals surface area (Å²) in [6.45, 7) is 2.53. The molecule has 0 spiro atoms. The van der Waals surface area contributed by atoms with Gasteiger partial charge < -0.3 is 9.30 Å². The van der Waals surface area contributed by atoms with Gasteiger partial charge in [-0.15, -0.1) is 5.10 Å². The van der Waals surface area contributed by atoms with Crippen LogP contribution in [0.4, 0.5) is 0 Å². The van der Waals surface area contributed by atoms with Crippen LogP contribution in [0.15, 0.2) is 37.1 Å². The summed E-state index contributed by atoms with van der Waals surface area (Å²) in [5, 5.41) is 12.4. The summed E-state index contributed by atoms with van der Waals surface area (Å²) in [5.74, 6) is 1.38. The topological polar surface area (TPSA) is 101 Å². The van der Waals surface area contributed by atoms with Crippen molar-refractivity contribution in [3.63, 3.8) is 0 Å². The monoisotopic (exact) mass is 375 g/mol. The summed E-state index contributed by atoms with van der Waals surface area (Å²) in [5.41, 5.74) is 5.15. The Labute approximate surface area is 159 Å². The van der Waals surface area contributed by atoms with Gasteiger partial charge in [-0.2, -0.15) is 10.1 Å². The highest BCUT2D eigenvalue weighted by Crippen LogP contribution is 2.31. The SMILES string of the molecule is COc1ncnn2ccc(-c3cnc4nc(C)n(Cc5cn(C)nn5)c4c3)c12. The van der Waals surface area contributed by atoms with Crippen LogP contribution in [0.1, 0.15) is 11.5 Å². The third-order valence-electron chi connectivity index (χ3n) is 4.69. The maximum Gasteiger partial charge on any atom is 0.241 e. The molecule has 0 atom stereocenters. The Kier molecular flexibility index (Phi) is 3.57. The van der Waals surface area contributed by atoms with Crippen molar-refractivity contribution in [3.8, 4) is 17.0 Å². The van der Waals surface area contributed by atoms with Gasteiger partial charge in [-0.1, -0.05) is 5.21 Å². The number of hydrogen-bond donors (Lipinski definition) is 0. The number of methoxy groups -OCH3 is 1. The minimum absolute atomic E-state index is 0.513. The lowest BCUT2D eigenvalue weighted by Crippen LogP contribution is -2.02. The van der Waals surface area contributed by atoms with Crippen molar-refractivity contribution in [3.05, 3.63) is 48.6 Å². The minimum Gasteiger partial charge on any atom is -0.479 e. The van der Waals surface area contributed by atoms with Crippen LogP contribution in [-0.2, 0) is 13.6 Å². The molecule has 0 aliphatic heterocycles. The molecule has 0 radical (unpaired) electrons. The van der Waals surface area contributed by atoms with Gasteiger partial charge in [0, 0.05) is 36.8 Å². The number of nitrogens with zero attached hydrogens (tertiary/aromatic N) is 9. The normalized spacial score (nSPS) is 11.5. The number of fused-ring (bicyclic) bond motifs is 2. The van der Waals surface area contributed by atoms with Gasteiger partial charge in [-0.05, 0) is 19.1 Å². The molecule has 0 aliphatic rings. The van der Waals surface area contributed by atoms with Crippen molar-refractivity contribution in [1.82, 2.24) is 44.1 Å². The van der Waals surface area contributed by atoms with Crippen LogP contribution in [-0.4, -0.2) is 51.2 Å². The lowest BCUT2D eigenvalue weighted by molar-refractivity contribution is 0.399. The average molecular weight is 375 g/mol. The maximum atomic E-state index is 5.42. The lowest BCUT2D eigenvalue weighted by atomic mass is 10.1. The molecule has 10 nitrogen and oxygen atoms in total. The molecule has 0 saturated carbocycles. The van der Waals surface area contributed by atoms with Gasteiger partial charge >= 0.3 is 0 Å². The summed E-state index contributed by atoms with van der Waals surface area (Å²) in [6.07, 6.45) is 7.05. The Balaban J connectivity index is 1.67. The molecule has 0 aliphatic carbocycles. The fourth-order valence-corrected chi connectivity index (χ4v) is 3.40. The molecule has 5 rings (SSSR count). The molecule has 0 N–H and O–H groups in total. The molecule has 0 saturated heterocycles. The first-order valence-electron chi connectivity index (χ1n) is 8.69. The second-order valence-corrected chi connectivity index (χ2v) is 6.49. The van der Waals surface area contributed by atoms with Crippen molar-refractivity contribution < 1.29 is 4.74 Å². The number of ether oxygens (including phenoxy) is 1. The molecular formula is C18H17N9O. The summed E-state index contributed by atoms with van der Waals surface area (Å²) < 4.78 is 10.9. The van der Waals surface area contributed by atoms with Gasteiger partial charge in [0.1, 0.15) is 23.4 Å². The van der Waals surface area contributed by atoms with Crippen LogP contribution >= 0.6 is 0 Å². The zero-order valence-corrected chi connectivity index (χ0v) is 15.6. The summed E-state index contributed by atoms with van der Waals surface area (Å²) in [7, 11) is 3.45. The Morgan fingerprint density at radius 1 is 1.21 bits per heavy atom. The Morgan fingerprint density at radius 3 is 2.89 bits per heavy atom. The second-order valence-electron chi connectivity index (χ2n) is 6.49. The maximum absolute atomic E-state index is 5.42. The van der Waals surface area contributed by atoms with Crippen molar-refractivity contribution in [2.45, 2.75) is 13.5 Å². The first-order valence-corrected chi connectivity index (χ1v) is 8.69. The average Bonchev–Trinajstić information content (AvgIpc) is 3.39. The van der Waals surface area contributed by atoms with Gasteiger partial charge in [0.15, 0.2) is 5.65 Å². The summed E-state index contributed by atoms with van der Waals surface area (Å²) >= 11 is 0. The molecule has 28 heavy (non-hydrogen) atoms. The second kappa shape index (κ2) is 6.12. The van der Waals surface area contributed by atoms with E-state index in [1.54, 1.807) is 16.3 Å². The summed E-state index contributed by atoms with van der Waals surface area (Å²) in [6, 6.07) is 4.05. The molecule has 0 unspecified atom stereocenters. The van der Waals surface area contributed by atoms with Crippen molar-refractivity contribution in [2.24, 2.45) is 7.05 Å². The fraction of sp³-hybridized carbons (Fsp3) is 0.222.